The van der Waals surface area contributed by atoms with E-state index in [0.29, 0.717) is 5.92 Å². The van der Waals surface area contributed by atoms with Gasteiger partial charge in [0.15, 0.2) is 0 Å². The van der Waals surface area contributed by atoms with Crippen LogP contribution in [0.15, 0.2) is 29.6 Å². The lowest BCUT2D eigenvalue weighted by molar-refractivity contribution is -0.142. The van der Waals surface area contributed by atoms with E-state index in [4.69, 9.17) is 0 Å². The first-order valence-corrected chi connectivity index (χ1v) is 7.31. The van der Waals surface area contributed by atoms with E-state index in [1.54, 1.807) is 11.3 Å². The molecule has 1 aliphatic carbocycles. The number of thiophene rings is 1. The molecule has 0 spiro atoms. The third kappa shape index (κ3) is 2.03. The number of carbonyl (C=O) groups is 1. The maximum atomic E-state index is 11.2. The second kappa shape index (κ2) is 4.73. The lowest BCUT2D eigenvalue weighted by Gasteiger charge is -2.15. The Labute approximate surface area is 110 Å². The molecular formula is C15H16O2S. The summed E-state index contributed by atoms with van der Waals surface area (Å²) in [5, 5.41) is 12.7. The summed E-state index contributed by atoms with van der Waals surface area (Å²) in [5.41, 5.74) is 1.33. The molecule has 2 nitrogen and oxygen atoms in total. The van der Waals surface area contributed by atoms with E-state index < -0.39 is 5.97 Å². The monoisotopic (exact) mass is 260 g/mol. The lowest BCUT2D eigenvalue weighted by Crippen LogP contribution is -2.19. The summed E-state index contributed by atoms with van der Waals surface area (Å²) in [6.45, 7) is 0. The lowest BCUT2D eigenvalue weighted by atomic mass is 9.89. The van der Waals surface area contributed by atoms with Gasteiger partial charge in [-0.05, 0) is 47.6 Å². The van der Waals surface area contributed by atoms with Crippen molar-refractivity contribution in [2.24, 2.45) is 11.8 Å². The second-order valence-electron chi connectivity index (χ2n) is 5.10. The number of rotatable bonds is 3. The van der Waals surface area contributed by atoms with Crippen LogP contribution in [0.4, 0.5) is 0 Å². The fourth-order valence-electron chi connectivity index (χ4n) is 3.08. The van der Waals surface area contributed by atoms with Gasteiger partial charge in [0.05, 0.1) is 5.92 Å². The zero-order valence-corrected chi connectivity index (χ0v) is 11.0. The Balaban J connectivity index is 1.86. The van der Waals surface area contributed by atoms with Crippen molar-refractivity contribution >= 4 is 27.4 Å². The van der Waals surface area contributed by atoms with E-state index in [9.17, 15) is 9.90 Å². The van der Waals surface area contributed by atoms with Crippen molar-refractivity contribution in [3.05, 3.63) is 35.2 Å². The van der Waals surface area contributed by atoms with E-state index in [2.05, 4.69) is 29.6 Å². The molecule has 1 aromatic carbocycles. The van der Waals surface area contributed by atoms with Gasteiger partial charge in [-0.3, -0.25) is 4.79 Å². The fraction of sp³-hybridized carbons (Fsp3) is 0.400. The molecule has 18 heavy (non-hydrogen) atoms. The van der Waals surface area contributed by atoms with Crippen LogP contribution in [0.2, 0.25) is 0 Å². The Bertz CT molecular complexity index is 573. The fourth-order valence-corrected chi connectivity index (χ4v) is 4.06. The average Bonchev–Trinajstić information content (AvgIpc) is 2.97. The van der Waals surface area contributed by atoms with Gasteiger partial charge in [0.25, 0.3) is 0 Å². The molecule has 1 heterocycles. The highest BCUT2D eigenvalue weighted by Crippen LogP contribution is 2.37. The largest absolute Gasteiger partial charge is 0.481 e. The Hall–Kier alpha value is -1.35. The molecule has 1 aromatic heterocycles. The summed E-state index contributed by atoms with van der Waals surface area (Å²) < 4.78 is 1.30. The number of fused-ring (bicyclic) bond motifs is 1. The molecule has 0 bridgehead atoms. The highest BCUT2D eigenvalue weighted by molar-refractivity contribution is 7.17. The number of carboxylic acids is 1. The Morgan fingerprint density at radius 3 is 3.00 bits per heavy atom. The number of carboxylic acid groups (broad SMARTS) is 1. The van der Waals surface area contributed by atoms with Crippen molar-refractivity contribution in [1.29, 1.82) is 0 Å². The molecule has 1 fully saturated rings. The first-order chi connectivity index (χ1) is 8.75. The van der Waals surface area contributed by atoms with E-state index in [1.165, 1.54) is 15.6 Å². The quantitative estimate of drug-likeness (QED) is 0.907. The Morgan fingerprint density at radius 2 is 2.17 bits per heavy atom. The normalized spacial score (nSPS) is 23.6. The van der Waals surface area contributed by atoms with E-state index >= 15 is 0 Å². The molecule has 1 saturated carbocycles. The van der Waals surface area contributed by atoms with Gasteiger partial charge in [0.1, 0.15) is 0 Å². The van der Waals surface area contributed by atoms with Gasteiger partial charge in [-0.25, -0.2) is 0 Å². The van der Waals surface area contributed by atoms with E-state index in [1.807, 2.05) is 0 Å². The molecule has 1 N–H and O–H groups in total. The zero-order chi connectivity index (χ0) is 12.5. The minimum absolute atomic E-state index is 0.135. The molecule has 3 rings (SSSR count). The van der Waals surface area contributed by atoms with Gasteiger partial charge in [-0.1, -0.05) is 24.6 Å². The predicted molar refractivity (Wildman–Crippen MR) is 74.0 cm³/mol. The minimum atomic E-state index is -0.614. The average molecular weight is 260 g/mol. The van der Waals surface area contributed by atoms with Gasteiger partial charge in [0.2, 0.25) is 0 Å². The second-order valence-corrected chi connectivity index (χ2v) is 6.01. The van der Waals surface area contributed by atoms with Gasteiger partial charge < -0.3 is 5.11 Å². The van der Waals surface area contributed by atoms with Gasteiger partial charge in [-0.2, -0.15) is 0 Å². The molecule has 1 aliphatic rings. The van der Waals surface area contributed by atoms with Crippen LogP contribution in [-0.4, -0.2) is 11.1 Å². The summed E-state index contributed by atoms with van der Waals surface area (Å²) in [7, 11) is 0. The highest BCUT2D eigenvalue weighted by Gasteiger charge is 2.33. The van der Waals surface area contributed by atoms with Gasteiger partial charge >= 0.3 is 5.97 Å². The van der Waals surface area contributed by atoms with Crippen LogP contribution in [0, 0.1) is 11.8 Å². The van der Waals surface area contributed by atoms with Crippen LogP contribution in [-0.2, 0) is 11.2 Å². The summed E-state index contributed by atoms with van der Waals surface area (Å²) in [4.78, 5) is 11.2. The van der Waals surface area contributed by atoms with Crippen LogP contribution in [0.5, 0.6) is 0 Å². The summed E-state index contributed by atoms with van der Waals surface area (Å²) in [5.74, 6) is -0.429. The number of hydrogen-bond acceptors (Lipinski definition) is 2. The maximum Gasteiger partial charge on any atom is 0.306 e. The third-order valence-electron chi connectivity index (χ3n) is 4.02. The standard InChI is InChI=1S/C15H16O2S/c16-15(17)13-6-3-4-10(13)8-11-9-18-14-7-2-1-5-12(11)14/h1-2,5,7,9-10,13H,3-4,6,8H2,(H,16,17). The van der Waals surface area contributed by atoms with Crippen LogP contribution in [0.3, 0.4) is 0 Å². The Kier molecular flexibility index (Phi) is 3.08. The third-order valence-corrected chi connectivity index (χ3v) is 5.03. The van der Waals surface area contributed by atoms with Crippen molar-refractivity contribution in [3.63, 3.8) is 0 Å². The molecule has 94 valence electrons. The van der Waals surface area contributed by atoms with Crippen molar-refractivity contribution in [3.8, 4) is 0 Å². The molecule has 3 heteroatoms. The first-order valence-electron chi connectivity index (χ1n) is 6.43. The maximum absolute atomic E-state index is 11.2. The van der Waals surface area contributed by atoms with Crippen molar-refractivity contribution in [1.82, 2.24) is 0 Å². The Morgan fingerprint density at radius 1 is 1.33 bits per heavy atom. The highest BCUT2D eigenvalue weighted by atomic mass is 32.1. The molecule has 0 aliphatic heterocycles. The zero-order valence-electron chi connectivity index (χ0n) is 10.1. The van der Waals surface area contributed by atoms with Crippen LogP contribution in [0.25, 0.3) is 10.1 Å². The van der Waals surface area contributed by atoms with Crippen LogP contribution in [0.1, 0.15) is 24.8 Å². The smallest absolute Gasteiger partial charge is 0.306 e. The van der Waals surface area contributed by atoms with Crippen molar-refractivity contribution in [2.75, 3.05) is 0 Å². The topological polar surface area (TPSA) is 37.3 Å². The summed E-state index contributed by atoms with van der Waals surface area (Å²) >= 11 is 1.76. The molecule has 2 unspecified atom stereocenters. The number of aliphatic carboxylic acids is 1. The van der Waals surface area contributed by atoms with Crippen molar-refractivity contribution < 1.29 is 9.90 Å². The van der Waals surface area contributed by atoms with Crippen molar-refractivity contribution in [2.45, 2.75) is 25.7 Å². The molecule has 2 atom stereocenters. The molecule has 0 amide bonds. The van der Waals surface area contributed by atoms with E-state index in [0.717, 1.165) is 25.7 Å². The SMILES string of the molecule is O=C(O)C1CCCC1Cc1csc2ccccc12. The molecule has 0 radical (unpaired) electrons. The molecular weight excluding hydrogens is 244 g/mol. The first kappa shape index (κ1) is 11.7. The summed E-state index contributed by atoms with van der Waals surface area (Å²) in [6.07, 6.45) is 3.88. The number of hydrogen-bond donors (Lipinski definition) is 1. The predicted octanol–water partition coefficient (Wildman–Crippen LogP) is 3.94. The van der Waals surface area contributed by atoms with Crippen LogP contribution < -0.4 is 0 Å². The summed E-state index contributed by atoms with van der Waals surface area (Å²) in [6, 6.07) is 8.39. The van der Waals surface area contributed by atoms with Gasteiger partial charge in [-0.15, -0.1) is 11.3 Å². The molecule has 0 saturated heterocycles. The molecule has 2 aromatic rings. The van der Waals surface area contributed by atoms with Gasteiger partial charge in [0, 0.05) is 4.70 Å². The number of benzene rings is 1. The van der Waals surface area contributed by atoms with Crippen LogP contribution >= 0.6 is 11.3 Å². The minimum Gasteiger partial charge on any atom is -0.481 e. The van der Waals surface area contributed by atoms with E-state index in [-0.39, 0.29) is 5.92 Å².